The highest BCUT2D eigenvalue weighted by Gasteiger charge is 2.10. The SMILES string of the molecule is Cc1ccccc1CC(C)NCc1cc(C(=O)O)co1. The molecule has 0 aliphatic rings. The van der Waals surface area contributed by atoms with E-state index < -0.39 is 5.97 Å². The van der Waals surface area contributed by atoms with E-state index in [1.165, 1.54) is 17.4 Å². The number of aryl methyl sites for hydroxylation is 1. The fourth-order valence-electron chi connectivity index (χ4n) is 2.10. The van der Waals surface area contributed by atoms with Gasteiger partial charge in [-0.05, 0) is 37.5 Å². The molecule has 2 aromatic rings. The van der Waals surface area contributed by atoms with Gasteiger partial charge in [0.05, 0.1) is 12.1 Å². The summed E-state index contributed by atoms with van der Waals surface area (Å²) in [6.45, 7) is 4.74. The second kappa shape index (κ2) is 6.39. The molecule has 0 aliphatic heterocycles. The number of rotatable bonds is 6. The zero-order valence-corrected chi connectivity index (χ0v) is 11.7. The number of carboxylic acid groups (broad SMARTS) is 1. The van der Waals surface area contributed by atoms with Crippen LogP contribution in [0.4, 0.5) is 0 Å². The zero-order valence-electron chi connectivity index (χ0n) is 11.7. The largest absolute Gasteiger partial charge is 0.478 e. The van der Waals surface area contributed by atoms with Gasteiger partial charge >= 0.3 is 5.97 Å². The van der Waals surface area contributed by atoms with Crippen molar-refractivity contribution in [2.45, 2.75) is 32.9 Å². The van der Waals surface area contributed by atoms with E-state index in [0.717, 1.165) is 6.42 Å². The maximum atomic E-state index is 10.8. The highest BCUT2D eigenvalue weighted by molar-refractivity contribution is 5.87. The van der Waals surface area contributed by atoms with E-state index in [4.69, 9.17) is 9.52 Å². The number of hydrogen-bond donors (Lipinski definition) is 2. The monoisotopic (exact) mass is 273 g/mol. The van der Waals surface area contributed by atoms with Gasteiger partial charge in [-0.3, -0.25) is 0 Å². The highest BCUT2D eigenvalue weighted by atomic mass is 16.4. The standard InChI is InChI=1S/C16H19NO3/c1-11-5-3-4-6-13(11)7-12(2)17-9-15-8-14(10-20-15)16(18)19/h3-6,8,10,12,17H,7,9H2,1-2H3,(H,18,19). The Morgan fingerprint density at radius 1 is 1.40 bits per heavy atom. The van der Waals surface area contributed by atoms with Gasteiger partial charge in [-0.15, -0.1) is 0 Å². The lowest BCUT2D eigenvalue weighted by Crippen LogP contribution is -2.27. The molecule has 0 fully saturated rings. The molecule has 1 aromatic heterocycles. The summed E-state index contributed by atoms with van der Waals surface area (Å²) >= 11 is 0. The minimum atomic E-state index is -0.965. The molecular formula is C16H19NO3. The molecule has 4 heteroatoms. The van der Waals surface area contributed by atoms with Gasteiger partial charge in [0.1, 0.15) is 12.0 Å². The van der Waals surface area contributed by atoms with Crippen LogP contribution < -0.4 is 5.32 Å². The Hall–Kier alpha value is -2.07. The van der Waals surface area contributed by atoms with Gasteiger partial charge in [0.25, 0.3) is 0 Å². The van der Waals surface area contributed by atoms with Crippen molar-refractivity contribution in [2.75, 3.05) is 0 Å². The molecule has 4 nitrogen and oxygen atoms in total. The molecule has 2 rings (SSSR count). The maximum absolute atomic E-state index is 10.8. The minimum absolute atomic E-state index is 0.188. The summed E-state index contributed by atoms with van der Waals surface area (Å²) in [5.74, 6) is -0.327. The van der Waals surface area contributed by atoms with E-state index in [0.29, 0.717) is 12.3 Å². The van der Waals surface area contributed by atoms with E-state index in [9.17, 15) is 4.79 Å². The fraction of sp³-hybridized carbons (Fsp3) is 0.312. The fourth-order valence-corrected chi connectivity index (χ4v) is 2.10. The summed E-state index contributed by atoms with van der Waals surface area (Å²) in [5.41, 5.74) is 2.79. The Bertz CT molecular complexity index is 589. The van der Waals surface area contributed by atoms with Crippen molar-refractivity contribution in [3.05, 3.63) is 59.0 Å². The third-order valence-corrected chi connectivity index (χ3v) is 3.31. The second-order valence-electron chi connectivity index (χ2n) is 5.02. The molecule has 0 aliphatic carbocycles. The number of aromatic carboxylic acids is 1. The summed E-state index contributed by atoms with van der Waals surface area (Å²) in [4.78, 5) is 10.8. The van der Waals surface area contributed by atoms with Crippen molar-refractivity contribution in [3.8, 4) is 0 Å². The van der Waals surface area contributed by atoms with Gasteiger partial charge in [-0.1, -0.05) is 24.3 Å². The first-order chi connectivity index (χ1) is 9.56. The average molecular weight is 273 g/mol. The van der Waals surface area contributed by atoms with Crippen LogP contribution in [-0.2, 0) is 13.0 Å². The Morgan fingerprint density at radius 3 is 2.80 bits per heavy atom. The van der Waals surface area contributed by atoms with E-state index >= 15 is 0 Å². The topological polar surface area (TPSA) is 62.5 Å². The third-order valence-electron chi connectivity index (χ3n) is 3.31. The summed E-state index contributed by atoms with van der Waals surface area (Å²) in [6, 6.07) is 10.1. The van der Waals surface area contributed by atoms with Gasteiger partial charge in [0.2, 0.25) is 0 Å². The Balaban J connectivity index is 1.87. The molecule has 0 saturated carbocycles. The zero-order chi connectivity index (χ0) is 14.5. The molecule has 1 unspecified atom stereocenters. The molecule has 0 saturated heterocycles. The third kappa shape index (κ3) is 3.71. The van der Waals surface area contributed by atoms with Crippen molar-refractivity contribution in [3.63, 3.8) is 0 Å². The van der Waals surface area contributed by atoms with Gasteiger partial charge in [-0.25, -0.2) is 4.79 Å². The highest BCUT2D eigenvalue weighted by Crippen LogP contribution is 2.11. The first-order valence-electron chi connectivity index (χ1n) is 6.65. The molecule has 1 aromatic carbocycles. The second-order valence-corrected chi connectivity index (χ2v) is 5.02. The van der Waals surface area contributed by atoms with E-state index in [1.807, 2.05) is 12.1 Å². The van der Waals surface area contributed by atoms with Gasteiger partial charge in [-0.2, -0.15) is 0 Å². The summed E-state index contributed by atoms with van der Waals surface area (Å²) in [6.07, 6.45) is 2.20. The molecule has 1 heterocycles. The number of benzene rings is 1. The summed E-state index contributed by atoms with van der Waals surface area (Å²) in [7, 11) is 0. The molecule has 0 radical (unpaired) electrons. The number of carbonyl (C=O) groups is 1. The number of hydrogen-bond acceptors (Lipinski definition) is 3. The summed E-state index contributed by atoms with van der Waals surface area (Å²) < 4.78 is 5.21. The normalized spacial score (nSPS) is 12.3. The summed E-state index contributed by atoms with van der Waals surface area (Å²) in [5, 5.41) is 12.2. The van der Waals surface area contributed by atoms with Crippen LogP contribution in [0.1, 0.15) is 34.2 Å². The Kier molecular flexibility index (Phi) is 4.58. The molecule has 0 bridgehead atoms. The Labute approximate surface area is 118 Å². The number of carboxylic acids is 1. The predicted octanol–water partition coefficient (Wildman–Crippen LogP) is 3.01. The molecule has 20 heavy (non-hydrogen) atoms. The van der Waals surface area contributed by atoms with Crippen molar-refractivity contribution < 1.29 is 14.3 Å². The molecule has 1 atom stereocenters. The van der Waals surface area contributed by atoms with Gasteiger partial charge < -0.3 is 14.8 Å². The Morgan fingerprint density at radius 2 is 2.15 bits per heavy atom. The lowest BCUT2D eigenvalue weighted by atomic mass is 10.0. The van der Waals surface area contributed by atoms with Crippen LogP contribution in [0.25, 0.3) is 0 Å². The maximum Gasteiger partial charge on any atom is 0.338 e. The van der Waals surface area contributed by atoms with E-state index in [-0.39, 0.29) is 11.6 Å². The lowest BCUT2D eigenvalue weighted by molar-refractivity contribution is 0.0696. The average Bonchev–Trinajstić information content (AvgIpc) is 2.88. The smallest absolute Gasteiger partial charge is 0.338 e. The van der Waals surface area contributed by atoms with Crippen LogP contribution >= 0.6 is 0 Å². The quantitative estimate of drug-likeness (QED) is 0.849. The van der Waals surface area contributed by atoms with Crippen molar-refractivity contribution in [1.82, 2.24) is 5.32 Å². The van der Waals surface area contributed by atoms with Crippen LogP contribution in [0, 0.1) is 6.92 Å². The van der Waals surface area contributed by atoms with Crippen LogP contribution in [-0.4, -0.2) is 17.1 Å². The van der Waals surface area contributed by atoms with Crippen LogP contribution in [0.2, 0.25) is 0 Å². The van der Waals surface area contributed by atoms with Crippen LogP contribution in [0.3, 0.4) is 0 Å². The van der Waals surface area contributed by atoms with E-state index in [2.05, 4.69) is 31.3 Å². The van der Waals surface area contributed by atoms with Crippen LogP contribution in [0.5, 0.6) is 0 Å². The van der Waals surface area contributed by atoms with Crippen LogP contribution in [0.15, 0.2) is 41.0 Å². The first kappa shape index (κ1) is 14.3. The number of furan rings is 1. The van der Waals surface area contributed by atoms with Gasteiger partial charge in [0.15, 0.2) is 0 Å². The molecule has 106 valence electrons. The van der Waals surface area contributed by atoms with Crippen molar-refractivity contribution in [1.29, 1.82) is 0 Å². The lowest BCUT2D eigenvalue weighted by Gasteiger charge is -2.14. The molecule has 0 spiro atoms. The van der Waals surface area contributed by atoms with E-state index in [1.54, 1.807) is 6.07 Å². The van der Waals surface area contributed by atoms with Gasteiger partial charge in [0, 0.05) is 6.04 Å². The first-order valence-corrected chi connectivity index (χ1v) is 6.65. The molecule has 2 N–H and O–H groups in total. The molecule has 0 amide bonds. The van der Waals surface area contributed by atoms with Crippen molar-refractivity contribution in [2.24, 2.45) is 0 Å². The molecular weight excluding hydrogens is 254 g/mol. The minimum Gasteiger partial charge on any atom is -0.478 e. The number of nitrogens with one attached hydrogen (secondary N) is 1. The predicted molar refractivity (Wildman–Crippen MR) is 76.9 cm³/mol. The van der Waals surface area contributed by atoms with Crippen molar-refractivity contribution >= 4 is 5.97 Å².